The molecule has 0 saturated carbocycles. The second-order valence-corrected chi connectivity index (χ2v) is 9.11. The van der Waals surface area contributed by atoms with Crippen molar-refractivity contribution in [3.8, 4) is 0 Å². The van der Waals surface area contributed by atoms with Gasteiger partial charge in [-0.2, -0.15) is 13.2 Å². The third-order valence-corrected chi connectivity index (χ3v) is 6.10. The van der Waals surface area contributed by atoms with Gasteiger partial charge in [0.15, 0.2) is 5.82 Å². The summed E-state index contributed by atoms with van der Waals surface area (Å²) in [6.45, 7) is -0.525. The number of nitrogens with zero attached hydrogens (tertiary/aromatic N) is 3. The molecule has 0 bridgehead atoms. The van der Waals surface area contributed by atoms with Crippen LogP contribution < -0.4 is 10.8 Å². The number of rotatable bonds is 4. The lowest BCUT2D eigenvalue weighted by Crippen LogP contribution is -2.44. The van der Waals surface area contributed by atoms with Crippen molar-refractivity contribution in [3.05, 3.63) is 56.5 Å². The van der Waals surface area contributed by atoms with Gasteiger partial charge in [-0.15, -0.1) is 0 Å². The first-order valence-electron chi connectivity index (χ1n) is 9.21. The van der Waals surface area contributed by atoms with Crippen LogP contribution in [0.5, 0.6) is 0 Å². The molecule has 8 nitrogen and oxygen atoms in total. The second kappa shape index (κ2) is 8.52. The highest BCUT2D eigenvalue weighted by molar-refractivity contribution is 9.11. The third kappa shape index (κ3) is 4.28. The first kappa shape index (κ1) is 22.8. The largest absolute Gasteiger partial charge is 0.400 e. The van der Waals surface area contributed by atoms with E-state index in [1.54, 1.807) is 6.07 Å². The number of benzene rings is 1. The van der Waals surface area contributed by atoms with Crippen molar-refractivity contribution in [1.82, 2.24) is 20.8 Å². The minimum atomic E-state index is -4.57. The molecule has 2 unspecified atom stereocenters. The fraction of sp³-hybridized carbons (Fsp3) is 0.316. The molecule has 32 heavy (non-hydrogen) atoms. The first-order chi connectivity index (χ1) is 15.1. The molecular weight excluding hydrogens is 563 g/mol. The lowest BCUT2D eigenvalue weighted by atomic mass is 9.77. The molecule has 1 saturated heterocycles. The highest BCUT2D eigenvalue weighted by atomic mass is 79.9. The molecule has 1 fully saturated rings. The Bertz CT molecular complexity index is 1090. The monoisotopic (exact) mass is 575 g/mol. The summed E-state index contributed by atoms with van der Waals surface area (Å²) in [5.41, 5.74) is 0.102. The van der Waals surface area contributed by atoms with E-state index < -0.39 is 42.4 Å². The van der Waals surface area contributed by atoms with Crippen LogP contribution >= 0.6 is 31.9 Å². The molecule has 13 heteroatoms. The lowest BCUT2D eigenvalue weighted by Gasteiger charge is -2.31. The van der Waals surface area contributed by atoms with Crippen molar-refractivity contribution in [1.29, 1.82) is 0 Å². The van der Waals surface area contributed by atoms with Gasteiger partial charge < -0.3 is 5.32 Å². The number of halogens is 5. The summed E-state index contributed by atoms with van der Waals surface area (Å²) in [5, 5.41) is 2.46. The smallest absolute Gasteiger partial charge is 0.338 e. The average molecular weight is 577 g/mol. The number of alkyl halides is 3. The van der Waals surface area contributed by atoms with E-state index in [1.165, 1.54) is 24.5 Å². The van der Waals surface area contributed by atoms with Crippen molar-refractivity contribution in [3.63, 3.8) is 0 Å². The normalized spacial score (nSPS) is 23.1. The van der Waals surface area contributed by atoms with Gasteiger partial charge in [0.2, 0.25) is 0 Å². The van der Waals surface area contributed by atoms with Crippen molar-refractivity contribution in [2.75, 3.05) is 13.2 Å². The van der Waals surface area contributed by atoms with E-state index in [-0.39, 0.29) is 29.3 Å². The van der Waals surface area contributed by atoms with Crippen LogP contribution in [0.25, 0.3) is 0 Å². The second-order valence-electron chi connectivity index (χ2n) is 7.28. The van der Waals surface area contributed by atoms with Crippen LogP contribution in [0.2, 0.25) is 0 Å². The standard InChI is InChI=1S/C19H14Br2F3N5O3/c20-11-1-10(2-12(21)3-11)18(19(22,23)24)4-13(27-8-18)15-25-5-9(6-26-15)16(30)28-14-7-32-29-17(14)31/h1-3,5-6,14H,4,7-8H2,(H,28,30)(H,29,31). The first-order valence-corrected chi connectivity index (χ1v) is 10.8. The van der Waals surface area contributed by atoms with Gasteiger partial charge in [0.25, 0.3) is 11.8 Å². The maximum atomic E-state index is 14.2. The number of amides is 2. The molecule has 0 radical (unpaired) electrons. The molecule has 1 aromatic carbocycles. The number of hydrogen-bond acceptors (Lipinski definition) is 6. The minimum absolute atomic E-state index is 0.00341. The fourth-order valence-electron chi connectivity index (χ4n) is 3.44. The summed E-state index contributed by atoms with van der Waals surface area (Å²) in [6, 6.07) is 3.65. The topological polar surface area (TPSA) is 106 Å². The van der Waals surface area contributed by atoms with Crippen molar-refractivity contribution in [2.45, 2.75) is 24.1 Å². The lowest BCUT2D eigenvalue weighted by molar-refractivity contribution is -0.183. The van der Waals surface area contributed by atoms with E-state index in [0.29, 0.717) is 8.95 Å². The maximum absolute atomic E-state index is 14.2. The number of carbonyl (C=O) groups excluding carboxylic acids is 2. The molecule has 0 spiro atoms. The summed E-state index contributed by atoms with van der Waals surface area (Å²) in [5.74, 6) is -1.10. The molecule has 2 N–H and O–H groups in total. The molecular formula is C19H14Br2F3N5O3. The Kier molecular flexibility index (Phi) is 6.07. The Hall–Kier alpha value is -2.38. The van der Waals surface area contributed by atoms with Crippen LogP contribution in [0.4, 0.5) is 13.2 Å². The molecule has 1 aromatic heterocycles. The Labute approximate surface area is 196 Å². The van der Waals surface area contributed by atoms with E-state index in [9.17, 15) is 22.8 Å². The number of carbonyl (C=O) groups is 2. The van der Waals surface area contributed by atoms with E-state index >= 15 is 0 Å². The summed E-state index contributed by atoms with van der Waals surface area (Å²) in [6.07, 6.45) is -2.65. The van der Waals surface area contributed by atoms with Crippen LogP contribution in [0.3, 0.4) is 0 Å². The summed E-state index contributed by atoms with van der Waals surface area (Å²) in [4.78, 5) is 40.6. The van der Waals surface area contributed by atoms with Gasteiger partial charge in [-0.25, -0.2) is 15.4 Å². The summed E-state index contributed by atoms with van der Waals surface area (Å²) < 4.78 is 43.6. The molecule has 2 aliphatic heterocycles. The van der Waals surface area contributed by atoms with Crippen molar-refractivity contribution in [2.24, 2.45) is 4.99 Å². The maximum Gasteiger partial charge on any atom is 0.400 e. The van der Waals surface area contributed by atoms with Gasteiger partial charge in [0.1, 0.15) is 18.1 Å². The zero-order valence-corrected chi connectivity index (χ0v) is 19.2. The van der Waals surface area contributed by atoms with E-state index in [1.807, 2.05) is 0 Å². The number of nitrogens with one attached hydrogen (secondary N) is 2. The van der Waals surface area contributed by atoms with Crippen LogP contribution in [0.1, 0.15) is 28.2 Å². The van der Waals surface area contributed by atoms with Crippen LogP contribution in [-0.2, 0) is 15.0 Å². The van der Waals surface area contributed by atoms with Crippen LogP contribution in [-0.4, -0.2) is 52.9 Å². The van der Waals surface area contributed by atoms with Crippen molar-refractivity contribution >= 4 is 49.4 Å². The Morgan fingerprint density at radius 2 is 1.84 bits per heavy atom. The van der Waals surface area contributed by atoms with Gasteiger partial charge in [-0.3, -0.25) is 19.4 Å². The fourth-order valence-corrected chi connectivity index (χ4v) is 4.73. The van der Waals surface area contributed by atoms with Gasteiger partial charge in [0.05, 0.1) is 17.8 Å². The Morgan fingerprint density at radius 1 is 1.19 bits per heavy atom. The molecule has 168 valence electrons. The van der Waals surface area contributed by atoms with Crippen LogP contribution in [0, 0.1) is 0 Å². The number of aliphatic imine (C=N–C) groups is 1. The molecule has 2 aliphatic rings. The van der Waals surface area contributed by atoms with Gasteiger partial charge in [-0.05, 0) is 23.8 Å². The highest BCUT2D eigenvalue weighted by Gasteiger charge is 2.58. The molecule has 2 atom stereocenters. The predicted octanol–water partition coefficient (Wildman–Crippen LogP) is 2.85. The van der Waals surface area contributed by atoms with E-state index in [2.05, 4.69) is 57.6 Å². The zero-order chi connectivity index (χ0) is 23.1. The number of hydrogen-bond donors (Lipinski definition) is 2. The number of hydroxylamine groups is 1. The van der Waals surface area contributed by atoms with Crippen molar-refractivity contribution < 1.29 is 27.6 Å². The third-order valence-electron chi connectivity index (χ3n) is 5.18. The Balaban J connectivity index is 1.55. The predicted molar refractivity (Wildman–Crippen MR) is 113 cm³/mol. The van der Waals surface area contributed by atoms with Gasteiger partial charge in [0, 0.05) is 27.8 Å². The van der Waals surface area contributed by atoms with Crippen LogP contribution in [0.15, 0.2) is 44.5 Å². The molecule has 4 rings (SSSR count). The van der Waals surface area contributed by atoms with E-state index in [0.717, 1.165) is 0 Å². The zero-order valence-electron chi connectivity index (χ0n) is 16.0. The summed E-state index contributed by atoms with van der Waals surface area (Å²) in [7, 11) is 0. The van der Waals surface area contributed by atoms with Gasteiger partial charge >= 0.3 is 6.18 Å². The van der Waals surface area contributed by atoms with Gasteiger partial charge in [-0.1, -0.05) is 31.9 Å². The summed E-state index contributed by atoms with van der Waals surface area (Å²) >= 11 is 6.47. The Morgan fingerprint density at radius 3 is 2.41 bits per heavy atom. The van der Waals surface area contributed by atoms with E-state index in [4.69, 9.17) is 4.84 Å². The highest BCUT2D eigenvalue weighted by Crippen LogP contribution is 2.48. The molecule has 3 heterocycles. The number of aromatic nitrogens is 2. The quantitative estimate of drug-likeness (QED) is 0.582. The molecule has 2 aromatic rings. The molecule has 2 amide bonds. The SMILES string of the molecule is O=C(NC1CONC1=O)c1cnc(C2=NCC(c3cc(Br)cc(Br)c3)(C(F)(F)F)C2)nc1. The molecule has 0 aliphatic carbocycles. The average Bonchev–Trinajstić information content (AvgIpc) is 3.35. The minimum Gasteiger partial charge on any atom is -0.338 e.